The van der Waals surface area contributed by atoms with Crippen LogP contribution in [0, 0.1) is 13.8 Å². The first kappa shape index (κ1) is 14.3. The normalized spacial score (nSPS) is 14.8. The molecule has 0 atom stereocenters. The summed E-state index contributed by atoms with van der Waals surface area (Å²) in [4.78, 5) is 25.1. The maximum Gasteiger partial charge on any atom is 0.277 e. The van der Waals surface area contributed by atoms with Gasteiger partial charge in [-0.2, -0.15) is 0 Å². The molecule has 1 N–H and O–H groups in total. The van der Waals surface area contributed by atoms with Crippen molar-refractivity contribution in [1.82, 2.24) is 4.90 Å². The molecule has 0 saturated heterocycles. The number of nitrogens with zero attached hydrogens (tertiary/aromatic N) is 1. The lowest BCUT2D eigenvalue weighted by Gasteiger charge is -2.16. The molecule has 0 bridgehead atoms. The first-order valence-electron chi connectivity index (χ1n) is 6.44. The molecule has 1 aromatic carbocycles. The van der Waals surface area contributed by atoms with E-state index in [4.69, 9.17) is 4.74 Å². The molecule has 106 valence electrons. The number of ether oxygens (including phenoxy) is 1. The number of nitrogens with one attached hydrogen (secondary N) is 1. The van der Waals surface area contributed by atoms with Crippen LogP contribution >= 0.6 is 0 Å². The predicted molar refractivity (Wildman–Crippen MR) is 76.2 cm³/mol. The fourth-order valence-electron chi connectivity index (χ4n) is 2.14. The van der Waals surface area contributed by atoms with E-state index in [-0.39, 0.29) is 18.4 Å². The summed E-state index contributed by atoms with van der Waals surface area (Å²) < 4.78 is 4.90. The average Bonchev–Trinajstić information content (AvgIpc) is 2.67. The maximum atomic E-state index is 12.2. The second kappa shape index (κ2) is 5.88. The Morgan fingerprint density at radius 1 is 1.20 bits per heavy atom. The minimum Gasteiger partial charge on any atom is -0.383 e. The molecule has 2 rings (SSSR count). The summed E-state index contributed by atoms with van der Waals surface area (Å²) in [6, 6.07) is 5.87. The highest BCUT2D eigenvalue weighted by Crippen LogP contribution is 2.23. The summed E-state index contributed by atoms with van der Waals surface area (Å²) in [5.74, 6) is -0.615. The van der Waals surface area contributed by atoms with Gasteiger partial charge in [0.1, 0.15) is 5.70 Å². The van der Waals surface area contributed by atoms with Crippen LogP contribution in [0.3, 0.4) is 0 Å². The number of hydrogen-bond acceptors (Lipinski definition) is 4. The fraction of sp³-hybridized carbons (Fsp3) is 0.333. The van der Waals surface area contributed by atoms with E-state index in [2.05, 4.69) is 5.32 Å². The third-order valence-electron chi connectivity index (χ3n) is 3.27. The molecular formula is C15H18N2O3. The number of rotatable bonds is 5. The zero-order valence-corrected chi connectivity index (χ0v) is 11.9. The van der Waals surface area contributed by atoms with Gasteiger partial charge in [-0.3, -0.25) is 14.5 Å². The fourth-order valence-corrected chi connectivity index (χ4v) is 2.14. The Morgan fingerprint density at radius 3 is 2.45 bits per heavy atom. The lowest BCUT2D eigenvalue weighted by molar-refractivity contribution is -0.137. The topological polar surface area (TPSA) is 58.6 Å². The van der Waals surface area contributed by atoms with Crippen LogP contribution < -0.4 is 5.32 Å². The third-order valence-corrected chi connectivity index (χ3v) is 3.27. The van der Waals surface area contributed by atoms with Gasteiger partial charge in [0.05, 0.1) is 13.2 Å². The smallest absolute Gasteiger partial charge is 0.277 e. The predicted octanol–water partition coefficient (Wildman–Crippen LogP) is 1.61. The SMILES string of the molecule is COCCN1C(=O)C=C(Nc2c(C)cccc2C)C1=O. The Balaban J connectivity index is 2.17. The Labute approximate surface area is 118 Å². The Morgan fingerprint density at radius 2 is 1.85 bits per heavy atom. The number of anilines is 1. The number of carbonyl (C=O) groups excluding carboxylic acids is 2. The van der Waals surface area contributed by atoms with E-state index in [1.54, 1.807) is 0 Å². The molecule has 0 saturated carbocycles. The van der Waals surface area contributed by atoms with Gasteiger partial charge in [0.25, 0.3) is 11.8 Å². The number of hydrogen-bond donors (Lipinski definition) is 1. The summed E-state index contributed by atoms with van der Waals surface area (Å²) in [5.41, 5.74) is 3.24. The van der Waals surface area contributed by atoms with Crippen LogP contribution in [0.2, 0.25) is 0 Å². The van der Waals surface area contributed by atoms with Gasteiger partial charge in [0.2, 0.25) is 0 Å². The van der Waals surface area contributed by atoms with Gasteiger partial charge in [0, 0.05) is 18.9 Å². The largest absolute Gasteiger partial charge is 0.383 e. The van der Waals surface area contributed by atoms with E-state index in [9.17, 15) is 9.59 Å². The molecule has 1 heterocycles. The second-order valence-corrected chi connectivity index (χ2v) is 4.74. The first-order valence-corrected chi connectivity index (χ1v) is 6.44. The first-order chi connectivity index (χ1) is 9.54. The van der Waals surface area contributed by atoms with Crippen molar-refractivity contribution in [3.05, 3.63) is 41.1 Å². The number of methoxy groups -OCH3 is 1. The third kappa shape index (κ3) is 2.72. The molecule has 1 aromatic rings. The molecular weight excluding hydrogens is 256 g/mol. The van der Waals surface area contributed by atoms with Gasteiger partial charge >= 0.3 is 0 Å². The molecule has 2 amide bonds. The molecule has 0 aromatic heterocycles. The lowest BCUT2D eigenvalue weighted by atomic mass is 10.1. The summed E-state index contributed by atoms with van der Waals surface area (Å²) in [7, 11) is 1.54. The van der Waals surface area contributed by atoms with E-state index in [1.807, 2.05) is 32.0 Å². The van der Waals surface area contributed by atoms with Gasteiger partial charge in [-0.15, -0.1) is 0 Å². The van der Waals surface area contributed by atoms with Crippen LogP contribution in [0.1, 0.15) is 11.1 Å². The number of aryl methyl sites for hydroxylation is 2. The highest BCUT2D eigenvalue weighted by atomic mass is 16.5. The van der Waals surface area contributed by atoms with E-state index in [1.165, 1.54) is 18.1 Å². The summed E-state index contributed by atoms with van der Waals surface area (Å²) >= 11 is 0. The molecule has 20 heavy (non-hydrogen) atoms. The minimum atomic E-state index is -0.310. The van der Waals surface area contributed by atoms with Gasteiger partial charge in [0.15, 0.2) is 0 Å². The van der Waals surface area contributed by atoms with Crippen LogP contribution in [-0.2, 0) is 14.3 Å². The molecule has 1 aliphatic heterocycles. The van der Waals surface area contributed by atoms with Gasteiger partial charge in [-0.05, 0) is 25.0 Å². The average molecular weight is 274 g/mol. The Hall–Kier alpha value is -2.14. The molecule has 0 aliphatic carbocycles. The van der Waals surface area contributed by atoms with Crippen molar-refractivity contribution >= 4 is 17.5 Å². The van der Waals surface area contributed by atoms with Crippen molar-refractivity contribution in [3.63, 3.8) is 0 Å². The van der Waals surface area contributed by atoms with Crippen molar-refractivity contribution in [3.8, 4) is 0 Å². The van der Waals surface area contributed by atoms with E-state index >= 15 is 0 Å². The molecule has 0 radical (unpaired) electrons. The van der Waals surface area contributed by atoms with Gasteiger partial charge in [-0.1, -0.05) is 18.2 Å². The van der Waals surface area contributed by atoms with Crippen LogP contribution in [0.15, 0.2) is 30.0 Å². The molecule has 0 spiro atoms. The van der Waals surface area contributed by atoms with Crippen LogP contribution in [0.5, 0.6) is 0 Å². The Bertz CT molecular complexity index is 558. The van der Waals surface area contributed by atoms with E-state index in [0.29, 0.717) is 12.3 Å². The quantitative estimate of drug-likeness (QED) is 0.829. The van der Waals surface area contributed by atoms with Gasteiger partial charge < -0.3 is 10.1 Å². The highest BCUT2D eigenvalue weighted by Gasteiger charge is 2.31. The molecule has 0 unspecified atom stereocenters. The number of benzene rings is 1. The van der Waals surface area contributed by atoms with Crippen molar-refractivity contribution < 1.29 is 14.3 Å². The minimum absolute atomic E-state index is 0.266. The van der Waals surface area contributed by atoms with Gasteiger partial charge in [-0.25, -0.2) is 0 Å². The monoisotopic (exact) mass is 274 g/mol. The number of imide groups is 1. The molecule has 5 heteroatoms. The highest BCUT2D eigenvalue weighted by molar-refractivity contribution is 6.17. The lowest BCUT2D eigenvalue weighted by Crippen LogP contribution is -2.34. The maximum absolute atomic E-state index is 12.2. The van der Waals surface area contributed by atoms with E-state index in [0.717, 1.165) is 16.8 Å². The molecule has 5 nitrogen and oxygen atoms in total. The van der Waals surface area contributed by atoms with Crippen LogP contribution in [0.4, 0.5) is 5.69 Å². The molecule has 1 aliphatic rings. The van der Waals surface area contributed by atoms with Crippen molar-refractivity contribution in [2.24, 2.45) is 0 Å². The summed E-state index contributed by atoms with van der Waals surface area (Å²) in [5, 5.41) is 3.07. The standard InChI is InChI=1S/C15H18N2O3/c1-10-5-4-6-11(2)14(10)16-12-9-13(18)17(15(12)19)7-8-20-3/h4-6,9,16H,7-8H2,1-3H3. The van der Waals surface area contributed by atoms with E-state index < -0.39 is 0 Å². The number of amides is 2. The zero-order valence-electron chi connectivity index (χ0n) is 11.9. The Kier molecular flexibility index (Phi) is 4.20. The van der Waals surface area contributed by atoms with Crippen molar-refractivity contribution in [2.75, 3.05) is 25.6 Å². The zero-order chi connectivity index (χ0) is 14.7. The second-order valence-electron chi connectivity index (χ2n) is 4.74. The number of para-hydroxylation sites is 1. The molecule has 0 fully saturated rings. The summed E-state index contributed by atoms with van der Waals surface area (Å²) in [6.45, 7) is 4.52. The summed E-state index contributed by atoms with van der Waals surface area (Å²) in [6.07, 6.45) is 1.34. The van der Waals surface area contributed by atoms with Crippen molar-refractivity contribution in [2.45, 2.75) is 13.8 Å². The van der Waals surface area contributed by atoms with Crippen LogP contribution in [0.25, 0.3) is 0 Å². The van der Waals surface area contributed by atoms with Crippen molar-refractivity contribution in [1.29, 1.82) is 0 Å². The van der Waals surface area contributed by atoms with Crippen LogP contribution in [-0.4, -0.2) is 37.0 Å². The number of carbonyl (C=O) groups is 2.